The highest BCUT2D eigenvalue weighted by Crippen LogP contribution is 2.16. The second-order valence-electron chi connectivity index (χ2n) is 6.39. The lowest BCUT2D eigenvalue weighted by atomic mass is 10.0. The largest absolute Gasteiger partial charge is 0.469 e. The third-order valence-corrected chi connectivity index (χ3v) is 4.25. The fourth-order valence-electron chi connectivity index (χ4n) is 2.73. The van der Waals surface area contributed by atoms with Crippen molar-refractivity contribution in [2.24, 2.45) is 0 Å². The Kier molecular flexibility index (Phi) is 16.3. The topological polar surface area (TPSA) is 26.3 Å². The van der Waals surface area contributed by atoms with E-state index in [2.05, 4.69) is 11.7 Å². The Balaban J connectivity index is 3.19. The van der Waals surface area contributed by atoms with Gasteiger partial charge in [0.1, 0.15) is 6.17 Å². The Morgan fingerprint density at radius 3 is 1.77 bits per heavy atom. The summed E-state index contributed by atoms with van der Waals surface area (Å²) in [5.74, 6) is -0.161. The van der Waals surface area contributed by atoms with Crippen molar-refractivity contribution >= 4 is 5.97 Å². The number of hydrogen-bond donors (Lipinski definition) is 0. The zero-order valence-corrected chi connectivity index (χ0v) is 14.9. The van der Waals surface area contributed by atoms with Crippen LogP contribution in [0.4, 0.5) is 4.39 Å². The first-order chi connectivity index (χ1) is 10.7. The van der Waals surface area contributed by atoms with Crippen LogP contribution in [-0.2, 0) is 9.53 Å². The maximum atomic E-state index is 13.7. The monoisotopic (exact) mass is 316 g/mol. The first-order valence-corrected chi connectivity index (χ1v) is 9.41. The zero-order chi connectivity index (χ0) is 16.5. The van der Waals surface area contributed by atoms with Crippen LogP contribution in [-0.4, -0.2) is 19.3 Å². The quantitative estimate of drug-likeness (QED) is 0.244. The molecule has 0 unspecified atom stereocenters. The number of hydrogen-bond acceptors (Lipinski definition) is 2. The van der Waals surface area contributed by atoms with E-state index < -0.39 is 6.17 Å². The lowest BCUT2D eigenvalue weighted by molar-refractivity contribution is -0.140. The number of ether oxygens (including phenoxy) is 1. The molecule has 0 radical (unpaired) electrons. The van der Waals surface area contributed by atoms with Gasteiger partial charge in [0.05, 0.1) is 7.11 Å². The van der Waals surface area contributed by atoms with Gasteiger partial charge in [-0.15, -0.1) is 0 Å². The number of carbonyl (C=O) groups is 1. The summed E-state index contributed by atoms with van der Waals surface area (Å²) in [6, 6.07) is 0. The molecule has 0 aromatic carbocycles. The standard InChI is InChI=1S/C19H37FO2/c1-3-4-5-6-7-8-9-10-12-15-18(20)16-13-11-14-17-19(21)22-2/h18H,3-17H2,1-2H3/t18-/m0/s1. The smallest absolute Gasteiger partial charge is 0.305 e. The fraction of sp³-hybridized carbons (Fsp3) is 0.947. The van der Waals surface area contributed by atoms with Crippen molar-refractivity contribution in [3.05, 3.63) is 0 Å². The fourth-order valence-corrected chi connectivity index (χ4v) is 2.73. The Morgan fingerprint density at radius 2 is 1.27 bits per heavy atom. The molecule has 0 aliphatic carbocycles. The highest BCUT2D eigenvalue weighted by molar-refractivity contribution is 5.68. The molecule has 0 fully saturated rings. The molecular weight excluding hydrogens is 279 g/mol. The van der Waals surface area contributed by atoms with Gasteiger partial charge in [-0.1, -0.05) is 77.6 Å². The van der Waals surface area contributed by atoms with Gasteiger partial charge >= 0.3 is 5.97 Å². The third-order valence-electron chi connectivity index (χ3n) is 4.25. The molecule has 3 heteroatoms. The molecule has 132 valence electrons. The molecule has 0 heterocycles. The molecule has 0 amide bonds. The highest BCUT2D eigenvalue weighted by atomic mass is 19.1. The number of halogens is 1. The van der Waals surface area contributed by atoms with Crippen LogP contribution < -0.4 is 0 Å². The van der Waals surface area contributed by atoms with E-state index in [0.717, 1.165) is 25.7 Å². The number of rotatable bonds is 16. The summed E-state index contributed by atoms with van der Waals surface area (Å²) in [6.07, 6.45) is 15.3. The lowest BCUT2D eigenvalue weighted by Crippen LogP contribution is -2.02. The Morgan fingerprint density at radius 1 is 0.818 bits per heavy atom. The molecule has 1 atom stereocenters. The highest BCUT2D eigenvalue weighted by Gasteiger charge is 2.06. The molecule has 0 aliphatic rings. The zero-order valence-electron chi connectivity index (χ0n) is 14.9. The van der Waals surface area contributed by atoms with Gasteiger partial charge in [0.25, 0.3) is 0 Å². The van der Waals surface area contributed by atoms with E-state index >= 15 is 0 Å². The maximum Gasteiger partial charge on any atom is 0.305 e. The van der Waals surface area contributed by atoms with Crippen molar-refractivity contribution in [2.45, 2.75) is 109 Å². The average Bonchev–Trinajstić information content (AvgIpc) is 2.52. The molecule has 0 N–H and O–H groups in total. The predicted octanol–water partition coefficient (Wildman–Crippen LogP) is 6.37. The molecule has 0 saturated carbocycles. The van der Waals surface area contributed by atoms with Gasteiger partial charge in [-0.05, 0) is 19.3 Å². The van der Waals surface area contributed by atoms with Crippen LogP contribution in [0.15, 0.2) is 0 Å². The Labute approximate surface area is 137 Å². The molecule has 0 saturated heterocycles. The summed E-state index contributed by atoms with van der Waals surface area (Å²) in [4.78, 5) is 10.9. The van der Waals surface area contributed by atoms with Crippen molar-refractivity contribution in [3.8, 4) is 0 Å². The second-order valence-corrected chi connectivity index (χ2v) is 6.39. The SMILES string of the molecule is CCCCCCCCCCC[C@H](F)CCCCCC(=O)OC. The van der Waals surface area contributed by atoms with Crippen LogP contribution in [0.25, 0.3) is 0 Å². The lowest BCUT2D eigenvalue weighted by Gasteiger charge is -2.08. The van der Waals surface area contributed by atoms with Crippen LogP contribution in [0.2, 0.25) is 0 Å². The number of carbonyl (C=O) groups excluding carboxylic acids is 1. The summed E-state index contributed by atoms with van der Waals surface area (Å²) in [6.45, 7) is 2.24. The maximum absolute atomic E-state index is 13.7. The average molecular weight is 317 g/mol. The Bertz CT molecular complexity index is 244. The molecule has 22 heavy (non-hydrogen) atoms. The third kappa shape index (κ3) is 15.8. The minimum atomic E-state index is -0.650. The van der Waals surface area contributed by atoms with E-state index in [0.29, 0.717) is 19.3 Å². The van der Waals surface area contributed by atoms with Gasteiger partial charge in [0.2, 0.25) is 0 Å². The number of alkyl halides is 1. The van der Waals surface area contributed by atoms with E-state index in [1.165, 1.54) is 58.5 Å². The van der Waals surface area contributed by atoms with Crippen molar-refractivity contribution in [1.29, 1.82) is 0 Å². The van der Waals surface area contributed by atoms with Crippen LogP contribution >= 0.6 is 0 Å². The summed E-state index contributed by atoms with van der Waals surface area (Å²) >= 11 is 0. The van der Waals surface area contributed by atoms with Gasteiger partial charge in [0.15, 0.2) is 0 Å². The van der Waals surface area contributed by atoms with Crippen molar-refractivity contribution in [2.75, 3.05) is 7.11 Å². The van der Waals surface area contributed by atoms with Crippen LogP contribution in [0, 0.1) is 0 Å². The van der Waals surface area contributed by atoms with Crippen LogP contribution in [0.3, 0.4) is 0 Å². The second kappa shape index (κ2) is 16.8. The van der Waals surface area contributed by atoms with Crippen LogP contribution in [0.1, 0.15) is 103 Å². The first kappa shape index (κ1) is 21.4. The number of unbranched alkanes of at least 4 members (excludes halogenated alkanes) is 10. The molecule has 0 aliphatic heterocycles. The molecule has 0 rings (SSSR count). The predicted molar refractivity (Wildman–Crippen MR) is 91.8 cm³/mol. The normalized spacial score (nSPS) is 12.3. The van der Waals surface area contributed by atoms with Gasteiger partial charge in [-0.25, -0.2) is 4.39 Å². The number of esters is 1. The van der Waals surface area contributed by atoms with Crippen molar-refractivity contribution in [1.82, 2.24) is 0 Å². The molecule has 0 aromatic heterocycles. The van der Waals surface area contributed by atoms with Gasteiger partial charge in [0, 0.05) is 6.42 Å². The van der Waals surface area contributed by atoms with E-state index in [1.54, 1.807) is 0 Å². The van der Waals surface area contributed by atoms with Gasteiger partial charge in [-0.2, -0.15) is 0 Å². The van der Waals surface area contributed by atoms with E-state index in [1.807, 2.05) is 0 Å². The minimum absolute atomic E-state index is 0.161. The molecule has 0 bridgehead atoms. The molecule has 0 spiro atoms. The Hall–Kier alpha value is -0.600. The van der Waals surface area contributed by atoms with Gasteiger partial charge in [-0.3, -0.25) is 4.79 Å². The van der Waals surface area contributed by atoms with E-state index in [-0.39, 0.29) is 5.97 Å². The first-order valence-electron chi connectivity index (χ1n) is 9.41. The minimum Gasteiger partial charge on any atom is -0.469 e. The summed E-state index contributed by atoms with van der Waals surface area (Å²) in [7, 11) is 1.41. The van der Waals surface area contributed by atoms with Crippen molar-refractivity contribution in [3.63, 3.8) is 0 Å². The van der Waals surface area contributed by atoms with Crippen molar-refractivity contribution < 1.29 is 13.9 Å². The van der Waals surface area contributed by atoms with E-state index in [4.69, 9.17) is 0 Å². The van der Waals surface area contributed by atoms with Gasteiger partial charge < -0.3 is 4.74 Å². The number of methoxy groups -OCH3 is 1. The summed E-state index contributed by atoms with van der Waals surface area (Å²) < 4.78 is 18.3. The molecular formula is C19H37FO2. The molecule has 0 aromatic rings. The van der Waals surface area contributed by atoms with Crippen LogP contribution in [0.5, 0.6) is 0 Å². The van der Waals surface area contributed by atoms with E-state index in [9.17, 15) is 9.18 Å². The summed E-state index contributed by atoms with van der Waals surface area (Å²) in [5, 5.41) is 0. The summed E-state index contributed by atoms with van der Waals surface area (Å²) in [5.41, 5.74) is 0. The molecule has 2 nitrogen and oxygen atoms in total.